The molecule has 0 spiro atoms. The van der Waals surface area contributed by atoms with Gasteiger partial charge in [0.1, 0.15) is 6.04 Å². The zero-order valence-corrected chi connectivity index (χ0v) is 16.0. The van der Waals surface area contributed by atoms with Crippen molar-refractivity contribution >= 4 is 11.8 Å². The molecular weight excluding hydrogens is 338 g/mol. The van der Waals surface area contributed by atoms with E-state index in [-0.39, 0.29) is 11.8 Å². The Kier molecular flexibility index (Phi) is 8.01. The van der Waals surface area contributed by atoms with E-state index in [0.717, 1.165) is 11.1 Å². The molecule has 0 aliphatic rings. The first-order chi connectivity index (χ1) is 13.0. The van der Waals surface area contributed by atoms with E-state index in [4.69, 9.17) is 5.73 Å². The second kappa shape index (κ2) is 10.5. The van der Waals surface area contributed by atoms with Gasteiger partial charge in [-0.1, -0.05) is 74.5 Å². The summed E-state index contributed by atoms with van der Waals surface area (Å²) >= 11 is 0. The van der Waals surface area contributed by atoms with E-state index < -0.39 is 12.1 Å². The first-order valence-electron chi connectivity index (χ1n) is 9.37. The van der Waals surface area contributed by atoms with Crippen LogP contribution in [-0.2, 0) is 22.6 Å². The molecule has 0 aliphatic carbocycles. The Hall–Kier alpha value is -2.66. The Labute approximate surface area is 161 Å². The van der Waals surface area contributed by atoms with E-state index >= 15 is 0 Å². The normalized spacial score (nSPS) is 13.0. The van der Waals surface area contributed by atoms with Crippen molar-refractivity contribution in [2.45, 2.75) is 45.3 Å². The lowest BCUT2D eigenvalue weighted by atomic mass is 10.0. The van der Waals surface area contributed by atoms with Gasteiger partial charge < -0.3 is 16.4 Å². The summed E-state index contributed by atoms with van der Waals surface area (Å²) in [5, 5.41) is 5.74. The molecule has 5 nitrogen and oxygen atoms in total. The maximum atomic E-state index is 12.7. The molecular formula is C22H29N3O2. The van der Waals surface area contributed by atoms with Crippen molar-refractivity contribution < 1.29 is 9.59 Å². The molecule has 0 aromatic heterocycles. The Morgan fingerprint density at radius 2 is 1.44 bits per heavy atom. The van der Waals surface area contributed by atoms with E-state index in [1.807, 2.05) is 74.5 Å². The van der Waals surface area contributed by atoms with Gasteiger partial charge in [-0.05, 0) is 23.5 Å². The van der Waals surface area contributed by atoms with E-state index in [0.29, 0.717) is 25.3 Å². The predicted molar refractivity (Wildman–Crippen MR) is 108 cm³/mol. The molecule has 2 amide bonds. The summed E-state index contributed by atoms with van der Waals surface area (Å²) in [6.07, 6.45) is 0.997. The second-order valence-corrected chi connectivity index (χ2v) is 7.19. The van der Waals surface area contributed by atoms with Crippen LogP contribution in [0, 0.1) is 5.92 Å². The number of hydrogen-bond acceptors (Lipinski definition) is 3. The summed E-state index contributed by atoms with van der Waals surface area (Å²) in [5.74, 6) is -0.197. The van der Waals surface area contributed by atoms with Gasteiger partial charge in [0.25, 0.3) is 0 Å². The SMILES string of the molecule is CC(C)C[C@H](N)C(=O)N[C@@H](Cc1ccccc1)C(=O)NCc1ccccc1. The fourth-order valence-electron chi connectivity index (χ4n) is 2.86. The molecule has 0 radical (unpaired) electrons. The number of carbonyl (C=O) groups excluding carboxylic acids is 2. The monoisotopic (exact) mass is 367 g/mol. The largest absolute Gasteiger partial charge is 0.350 e. The molecule has 2 rings (SSSR count). The van der Waals surface area contributed by atoms with Gasteiger partial charge in [-0.3, -0.25) is 9.59 Å². The number of benzene rings is 2. The first-order valence-corrected chi connectivity index (χ1v) is 9.37. The van der Waals surface area contributed by atoms with Crippen molar-refractivity contribution in [1.82, 2.24) is 10.6 Å². The van der Waals surface area contributed by atoms with Gasteiger partial charge in [0.2, 0.25) is 11.8 Å². The molecule has 4 N–H and O–H groups in total. The zero-order chi connectivity index (χ0) is 19.6. The number of carbonyl (C=O) groups is 2. The van der Waals surface area contributed by atoms with E-state index in [9.17, 15) is 9.59 Å². The van der Waals surface area contributed by atoms with Crippen LogP contribution in [0.3, 0.4) is 0 Å². The summed E-state index contributed by atoms with van der Waals surface area (Å²) in [6, 6.07) is 18.0. The van der Waals surface area contributed by atoms with Crippen LogP contribution in [0.25, 0.3) is 0 Å². The Morgan fingerprint density at radius 3 is 2.00 bits per heavy atom. The average Bonchev–Trinajstić information content (AvgIpc) is 2.66. The van der Waals surface area contributed by atoms with Gasteiger partial charge in [-0.2, -0.15) is 0 Å². The summed E-state index contributed by atoms with van der Waals surface area (Å²) in [6.45, 7) is 4.45. The molecule has 0 saturated heterocycles. The van der Waals surface area contributed by atoms with Crippen LogP contribution in [0.2, 0.25) is 0 Å². The molecule has 0 bridgehead atoms. The maximum Gasteiger partial charge on any atom is 0.243 e. The molecule has 2 aromatic carbocycles. The smallest absolute Gasteiger partial charge is 0.243 e. The summed E-state index contributed by atoms with van der Waals surface area (Å²) < 4.78 is 0. The van der Waals surface area contributed by atoms with Crippen molar-refractivity contribution in [3.63, 3.8) is 0 Å². The molecule has 0 fully saturated rings. The van der Waals surface area contributed by atoms with Crippen LogP contribution in [0.15, 0.2) is 60.7 Å². The Balaban J connectivity index is 2.03. The summed E-state index contributed by atoms with van der Waals surface area (Å²) in [5.41, 5.74) is 7.97. The van der Waals surface area contributed by atoms with Crippen LogP contribution in [-0.4, -0.2) is 23.9 Å². The van der Waals surface area contributed by atoms with Gasteiger partial charge in [0, 0.05) is 13.0 Å². The second-order valence-electron chi connectivity index (χ2n) is 7.19. The lowest BCUT2D eigenvalue weighted by Crippen LogP contribution is -2.52. The molecule has 5 heteroatoms. The van der Waals surface area contributed by atoms with Crippen molar-refractivity contribution in [2.75, 3.05) is 0 Å². The minimum Gasteiger partial charge on any atom is -0.350 e. The molecule has 0 unspecified atom stereocenters. The minimum atomic E-state index is -0.665. The van der Waals surface area contributed by atoms with Crippen LogP contribution in [0.4, 0.5) is 0 Å². The van der Waals surface area contributed by atoms with Gasteiger partial charge in [0.05, 0.1) is 6.04 Å². The van der Waals surface area contributed by atoms with E-state index in [1.54, 1.807) is 0 Å². The van der Waals surface area contributed by atoms with Crippen molar-refractivity contribution in [1.29, 1.82) is 0 Å². The van der Waals surface area contributed by atoms with Gasteiger partial charge in [-0.25, -0.2) is 0 Å². The van der Waals surface area contributed by atoms with Crippen LogP contribution < -0.4 is 16.4 Å². The van der Waals surface area contributed by atoms with E-state index in [2.05, 4.69) is 10.6 Å². The third-order valence-electron chi connectivity index (χ3n) is 4.29. The number of hydrogen-bond donors (Lipinski definition) is 3. The minimum absolute atomic E-state index is 0.215. The molecule has 0 aliphatic heterocycles. The van der Waals surface area contributed by atoms with Crippen LogP contribution in [0.1, 0.15) is 31.4 Å². The molecule has 27 heavy (non-hydrogen) atoms. The quantitative estimate of drug-likeness (QED) is 0.636. The zero-order valence-electron chi connectivity index (χ0n) is 16.0. The predicted octanol–water partition coefficient (Wildman–Crippen LogP) is 2.40. The summed E-state index contributed by atoms with van der Waals surface area (Å²) in [4.78, 5) is 25.2. The van der Waals surface area contributed by atoms with Crippen molar-refractivity contribution in [3.05, 3.63) is 71.8 Å². The lowest BCUT2D eigenvalue weighted by molar-refractivity contribution is -0.129. The lowest BCUT2D eigenvalue weighted by Gasteiger charge is -2.21. The van der Waals surface area contributed by atoms with Gasteiger partial charge in [-0.15, -0.1) is 0 Å². The number of rotatable bonds is 9. The fraction of sp³-hybridized carbons (Fsp3) is 0.364. The summed E-state index contributed by atoms with van der Waals surface area (Å²) in [7, 11) is 0. The number of nitrogens with two attached hydrogens (primary N) is 1. The Bertz CT molecular complexity index is 717. The maximum absolute atomic E-state index is 12.7. The average molecular weight is 367 g/mol. The molecule has 0 heterocycles. The number of nitrogens with one attached hydrogen (secondary N) is 2. The van der Waals surface area contributed by atoms with Gasteiger partial charge >= 0.3 is 0 Å². The van der Waals surface area contributed by atoms with Crippen LogP contribution in [0.5, 0.6) is 0 Å². The molecule has 0 saturated carbocycles. The standard InChI is InChI=1S/C22H29N3O2/c1-16(2)13-19(23)21(26)25-20(14-17-9-5-3-6-10-17)22(27)24-15-18-11-7-4-8-12-18/h3-12,16,19-20H,13-15,23H2,1-2H3,(H,24,27)(H,25,26)/t19-,20-/m0/s1. The highest BCUT2D eigenvalue weighted by molar-refractivity contribution is 5.89. The third kappa shape index (κ3) is 7.23. The highest BCUT2D eigenvalue weighted by atomic mass is 16.2. The molecule has 2 aromatic rings. The molecule has 2 atom stereocenters. The van der Waals surface area contributed by atoms with Gasteiger partial charge in [0.15, 0.2) is 0 Å². The molecule has 144 valence electrons. The van der Waals surface area contributed by atoms with E-state index in [1.165, 1.54) is 0 Å². The third-order valence-corrected chi connectivity index (χ3v) is 4.29. The highest BCUT2D eigenvalue weighted by Gasteiger charge is 2.24. The van der Waals surface area contributed by atoms with Crippen molar-refractivity contribution in [2.24, 2.45) is 11.7 Å². The Morgan fingerprint density at radius 1 is 0.889 bits per heavy atom. The fourth-order valence-corrected chi connectivity index (χ4v) is 2.86. The first kappa shape index (κ1) is 20.6. The van der Waals surface area contributed by atoms with Crippen molar-refractivity contribution in [3.8, 4) is 0 Å². The number of amides is 2. The highest BCUT2D eigenvalue weighted by Crippen LogP contribution is 2.07. The van der Waals surface area contributed by atoms with Crippen LogP contribution >= 0.6 is 0 Å². The topological polar surface area (TPSA) is 84.2 Å².